The Bertz CT molecular complexity index is 1650. The number of pyridine rings is 1. The van der Waals surface area contributed by atoms with E-state index in [0.29, 0.717) is 36.5 Å². The second-order valence-corrected chi connectivity index (χ2v) is 10.0. The fourth-order valence-corrected chi connectivity index (χ4v) is 5.19. The molecule has 0 spiro atoms. The van der Waals surface area contributed by atoms with Crippen LogP contribution < -0.4 is 11.0 Å². The number of carbonyl (C=O) groups excluding carboxylic acids is 1. The van der Waals surface area contributed by atoms with E-state index in [2.05, 4.69) is 32.3 Å². The first-order valence-electron chi connectivity index (χ1n) is 12.8. The molecule has 1 aliphatic heterocycles. The highest BCUT2D eigenvalue weighted by molar-refractivity contribution is 5.94. The number of aromatic nitrogens is 4. The molecule has 0 saturated heterocycles. The van der Waals surface area contributed by atoms with Crippen molar-refractivity contribution in [2.75, 3.05) is 39.5 Å². The predicted octanol–water partition coefficient (Wildman–Crippen LogP) is 3.60. The number of benzene rings is 1. The van der Waals surface area contributed by atoms with Crippen LogP contribution in [0.15, 0.2) is 53.6 Å². The molecule has 0 aliphatic carbocycles. The number of hydrogen-bond donors (Lipinski definition) is 1. The SMILES string of the molecule is CNc1ccn(-c2ccnc3c2cc(CN2CC=C(c4c(C)cc(C(=O)N(C)C)cc4F)CC2)n3C)c(=O)n1. The zero-order valence-electron chi connectivity index (χ0n) is 22.8. The lowest BCUT2D eigenvalue weighted by Crippen LogP contribution is -2.29. The van der Waals surface area contributed by atoms with Crippen molar-refractivity contribution in [3.63, 3.8) is 0 Å². The first kappa shape index (κ1) is 26.3. The number of nitrogens with zero attached hydrogens (tertiary/aromatic N) is 6. The molecule has 39 heavy (non-hydrogen) atoms. The lowest BCUT2D eigenvalue weighted by molar-refractivity contribution is 0.0827. The Morgan fingerprint density at radius 3 is 2.64 bits per heavy atom. The van der Waals surface area contributed by atoms with Gasteiger partial charge in [0.1, 0.15) is 17.3 Å². The van der Waals surface area contributed by atoms with Crippen LogP contribution in [0.25, 0.3) is 22.3 Å². The fraction of sp³-hybridized carbons (Fsp3) is 0.310. The van der Waals surface area contributed by atoms with E-state index in [0.717, 1.165) is 40.1 Å². The van der Waals surface area contributed by atoms with E-state index in [1.807, 2.05) is 24.6 Å². The van der Waals surface area contributed by atoms with Crippen LogP contribution in [0.4, 0.5) is 10.2 Å². The number of hydrogen-bond acceptors (Lipinski definition) is 6. The van der Waals surface area contributed by atoms with E-state index in [9.17, 15) is 9.59 Å². The molecule has 0 unspecified atom stereocenters. The second kappa shape index (κ2) is 10.5. The van der Waals surface area contributed by atoms with E-state index in [1.54, 1.807) is 45.7 Å². The molecule has 3 aromatic heterocycles. The van der Waals surface area contributed by atoms with E-state index < -0.39 is 0 Å². The molecule has 1 aliphatic rings. The monoisotopic (exact) mass is 529 g/mol. The van der Waals surface area contributed by atoms with Crippen LogP contribution >= 0.6 is 0 Å². The standard InChI is InChI=1S/C29H32FN7O2/c1-18-14-20(28(38)34(3)4)15-23(30)26(18)19-7-11-36(12-8-19)17-21-16-22-24(6-10-32-27(22)35(21)5)37-13-9-25(31-2)33-29(37)39/h6-7,9-10,13-16H,8,11-12,17H2,1-5H3,(H,31,33,39). The van der Waals surface area contributed by atoms with Gasteiger partial charge in [-0.15, -0.1) is 0 Å². The van der Waals surface area contributed by atoms with Gasteiger partial charge in [-0.3, -0.25) is 14.3 Å². The molecule has 4 heterocycles. The highest BCUT2D eigenvalue weighted by Gasteiger charge is 2.21. The fourth-order valence-electron chi connectivity index (χ4n) is 5.19. The summed E-state index contributed by atoms with van der Waals surface area (Å²) in [6.07, 6.45) is 6.18. The Kier molecular flexibility index (Phi) is 7.05. The zero-order chi connectivity index (χ0) is 27.8. The number of halogens is 1. The van der Waals surface area contributed by atoms with Crippen LogP contribution in [0.5, 0.6) is 0 Å². The van der Waals surface area contributed by atoms with Crippen molar-refractivity contribution in [2.45, 2.75) is 19.9 Å². The van der Waals surface area contributed by atoms with Gasteiger partial charge in [0.15, 0.2) is 0 Å². The molecular weight excluding hydrogens is 497 g/mol. The summed E-state index contributed by atoms with van der Waals surface area (Å²) in [5, 5.41) is 3.76. The molecule has 5 rings (SSSR count). The molecule has 4 aromatic rings. The van der Waals surface area contributed by atoms with Crippen molar-refractivity contribution in [1.82, 2.24) is 28.9 Å². The van der Waals surface area contributed by atoms with Gasteiger partial charge in [-0.25, -0.2) is 14.2 Å². The Balaban J connectivity index is 1.38. The van der Waals surface area contributed by atoms with Crippen LogP contribution in [-0.2, 0) is 13.6 Å². The van der Waals surface area contributed by atoms with Gasteiger partial charge < -0.3 is 14.8 Å². The molecule has 10 heteroatoms. The number of rotatable bonds is 6. The summed E-state index contributed by atoms with van der Waals surface area (Å²) in [4.78, 5) is 37.3. The molecule has 0 fully saturated rings. The van der Waals surface area contributed by atoms with Crippen molar-refractivity contribution in [3.8, 4) is 5.69 Å². The van der Waals surface area contributed by atoms with Gasteiger partial charge in [-0.05, 0) is 54.8 Å². The van der Waals surface area contributed by atoms with Gasteiger partial charge in [0.2, 0.25) is 0 Å². The summed E-state index contributed by atoms with van der Waals surface area (Å²) in [7, 11) is 7.01. The summed E-state index contributed by atoms with van der Waals surface area (Å²) < 4.78 is 18.7. The predicted molar refractivity (Wildman–Crippen MR) is 151 cm³/mol. The number of fused-ring (bicyclic) bond motifs is 1. The maximum Gasteiger partial charge on any atom is 0.354 e. The van der Waals surface area contributed by atoms with Gasteiger partial charge in [-0.1, -0.05) is 6.08 Å². The quantitative estimate of drug-likeness (QED) is 0.411. The average molecular weight is 530 g/mol. The maximum absolute atomic E-state index is 15.1. The van der Waals surface area contributed by atoms with E-state index in [4.69, 9.17) is 0 Å². The minimum atomic E-state index is -0.366. The molecule has 0 atom stereocenters. The molecule has 0 saturated carbocycles. The first-order chi connectivity index (χ1) is 18.7. The number of amides is 1. The molecule has 1 aromatic carbocycles. The van der Waals surface area contributed by atoms with E-state index in [-0.39, 0.29) is 17.4 Å². The van der Waals surface area contributed by atoms with Crippen molar-refractivity contribution >= 4 is 28.3 Å². The Morgan fingerprint density at radius 2 is 2.00 bits per heavy atom. The van der Waals surface area contributed by atoms with Crippen molar-refractivity contribution in [3.05, 3.63) is 87.5 Å². The van der Waals surface area contributed by atoms with Crippen LogP contribution in [-0.4, -0.2) is 69.0 Å². The topological polar surface area (TPSA) is 88.3 Å². The Hall–Kier alpha value is -4.31. The van der Waals surface area contributed by atoms with Gasteiger partial charge in [0.05, 0.1) is 5.69 Å². The van der Waals surface area contributed by atoms with Crippen LogP contribution in [0.3, 0.4) is 0 Å². The summed E-state index contributed by atoms with van der Waals surface area (Å²) in [5.41, 5.74) is 4.87. The zero-order valence-corrected chi connectivity index (χ0v) is 22.8. The average Bonchev–Trinajstić information content (AvgIpc) is 3.23. The second-order valence-electron chi connectivity index (χ2n) is 10.0. The minimum Gasteiger partial charge on any atom is -0.373 e. The summed E-state index contributed by atoms with van der Waals surface area (Å²) in [6.45, 7) is 3.97. The van der Waals surface area contributed by atoms with Crippen molar-refractivity contribution in [2.24, 2.45) is 7.05 Å². The summed E-state index contributed by atoms with van der Waals surface area (Å²) in [6, 6.07) is 8.75. The van der Waals surface area contributed by atoms with E-state index >= 15 is 4.39 Å². The molecule has 1 N–H and O–H groups in total. The first-order valence-corrected chi connectivity index (χ1v) is 12.8. The Labute approximate surface area is 226 Å². The number of aryl methyl sites for hydroxylation is 2. The number of anilines is 1. The van der Waals surface area contributed by atoms with Gasteiger partial charge >= 0.3 is 5.69 Å². The molecule has 1 amide bonds. The van der Waals surface area contributed by atoms with Gasteiger partial charge in [0.25, 0.3) is 5.91 Å². The number of carbonyl (C=O) groups is 1. The Morgan fingerprint density at radius 1 is 1.21 bits per heavy atom. The smallest absolute Gasteiger partial charge is 0.354 e. The maximum atomic E-state index is 15.1. The lowest BCUT2D eigenvalue weighted by atomic mass is 9.93. The molecule has 202 valence electrons. The largest absolute Gasteiger partial charge is 0.373 e. The van der Waals surface area contributed by atoms with Gasteiger partial charge in [-0.2, -0.15) is 4.98 Å². The highest BCUT2D eigenvalue weighted by atomic mass is 19.1. The third-order valence-electron chi connectivity index (χ3n) is 7.27. The number of nitrogens with one attached hydrogen (secondary N) is 1. The highest BCUT2D eigenvalue weighted by Crippen LogP contribution is 2.30. The lowest BCUT2D eigenvalue weighted by Gasteiger charge is -2.27. The minimum absolute atomic E-state index is 0.212. The molecule has 9 nitrogen and oxygen atoms in total. The molecule has 0 bridgehead atoms. The third-order valence-corrected chi connectivity index (χ3v) is 7.27. The molecule has 0 radical (unpaired) electrons. The normalized spacial score (nSPS) is 13.9. The van der Waals surface area contributed by atoms with Crippen molar-refractivity contribution in [1.29, 1.82) is 0 Å². The molecular formula is C29H32FN7O2. The third kappa shape index (κ3) is 4.95. The van der Waals surface area contributed by atoms with Crippen molar-refractivity contribution < 1.29 is 9.18 Å². The summed E-state index contributed by atoms with van der Waals surface area (Å²) >= 11 is 0. The van der Waals surface area contributed by atoms with Crippen LogP contribution in [0.2, 0.25) is 0 Å². The van der Waals surface area contributed by atoms with Gasteiger partial charge in [0, 0.05) is 82.4 Å². The van der Waals surface area contributed by atoms with Crippen LogP contribution in [0.1, 0.15) is 33.6 Å². The summed E-state index contributed by atoms with van der Waals surface area (Å²) in [5.74, 6) is -0.0587. The van der Waals surface area contributed by atoms with Crippen LogP contribution in [0, 0.1) is 12.7 Å². The van der Waals surface area contributed by atoms with E-state index in [1.165, 1.54) is 15.5 Å².